The van der Waals surface area contributed by atoms with Gasteiger partial charge in [-0.25, -0.2) is 8.78 Å². The zero-order chi connectivity index (χ0) is 14.6. The Morgan fingerprint density at radius 3 is 2.58 bits per heavy atom. The van der Waals surface area contributed by atoms with Gasteiger partial charge in [0.2, 0.25) is 0 Å². The van der Waals surface area contributed by atoms with Crippen molar-refractivity contribution in [3.63, 3.8) is 0 Å². The number of rotatable bonds is 5. The van der Waals surface area contributed by atoms with E-state index < -0.39 is 33.7 Å². The summed E-state index contributed by atoms with van der Waals surface area (Å²) in [6, 6.07) is 0.928. The molecule has 0 fully saturated rings. The highest BCUT2D eigenvalue weighted by Gasteiger charge is 2.23. The van der Waals surface area contributed by atoms with Crippen molar-refractivity contribution < 1.29 is 18.5 Å². The Balaban J connectivity index is 2.95. The Morgan fingerprint density at radius 1 is 1.47 bits per heavy atom. The Bertz CT molecular complexity index is 509. The number of nitro benzene ring substituents is 1. The second kappa shape index (κ2) is 6.55. The largest absolute Gasteiger partial charge is 0.352 e. The molecule has 0 spiro atoms. The minimum atomic E-state index is -1.36. The summed E-state index contributed by atoms with van der Waals surface area (Å²) in [4.78, 5) is 21.6. The number of carbonyl (C=O) groups excluding carboxylic acids is 1. The van der Waals surface area contributed by atoms with E-state index in [9.17, 15) is 23.7 Å². The second-order valence-electron chi connectivity index (χ2n) is 3.87. The van der Waals surface area contributed by atoms with Gasteiger partial charge in [0.15, 0.2) is 11.6 Å². The molecule has 104 valence electrons. The average Bonchev–Trinajstić information content (AvgIpc) is 2.31. The fraction of sp³-hybridized carbons (Fsp3) is 0.364. The van der Waals surface area contributed by atoms with Gasteiger partial charge in [-0.05, 0) is 12.5 Å². The van der Waals surface area contributed by atoms with Gasteiger partial charge in [0.1, 0.15) is 5.56 Å². The van der Waals surface area contributed by atoms with E-state index in [-0.39, 0.29) is 11.4 Å². The fourth-order valence-electron chi connectivity index (χ4n) is 1.35. The maximum atomic E-state index is 13.0. The number of halogens is 3. The highest BCUT2D eigenvalue weighted by molar-refractivity contribution is 9.09. The first-order chi connectivity index (χ1) is 8.82. The molecule has 1 rings (SSSR count). The monoisotopic (exact) mass is 336 g/mol. The van der Waals surface area contributed by atoms with E-state index in [1.807, 2.05) is 6.92 Å². The Kier molecular flexibility index (Phi) is 5.34. The summed E-state index contributed by atoms with van der Waals surface area (Å²) in [7, 11) is 0. The molecule has 1 N–H and O–H groups in total. The van der Waals surface area contributed by atoms with Crippen LogP contribution in [-0.4, -0.2) is 22.2 Å². The maximum absolute atomic E-state index is 13.0. The van der Waals surface area contributed by atoms with Crippen LogP contribution in [0.5, 0.6) is 0 Å². The lowest BCUT2D eigenvalue weighted by Crippen LogP contribution is -2.26. The number of alkyl halides is 1. The number of nitro groups is 1. The third-order valence-electron chi connectivity index (χ3n) is 2.31. The van der Waals surface area contributed by atoms with Crippen molar-refractivity contribution >= 4 is 27.5 Å². The van der Waals surface area contributed by atoms with E-state index in [4.69, 9.17) is 0 Å². The van der Waals surface area contributed by atoms with Gasteiger partial charge in [-0.2, -0.15) is 0 Å². The molecule has 1 aromatic rings. The average molecular weight is 337 g/mol. The lowest BCUT2D eigenvalue weighted by atomic mass is 10.1. The van der Waals surface area contributed by atoms with Gasteiger partial charge in [-0.1, -0.05) is 22.9 Å². The third kappa shape index (κ3) is 4.23. The third-order valence-corrected chi connectivity index (χ3v) is 2.77. The summed E-state index contributed by atoms with van der Waals surface area (Å²) < 4.78 is 26.0. The van der Waals surface area contributed by atoms with Crippen LogP contribution in [-0.2, 0) is 0 Å². The molecule has 0 aliphatic carbocycles. The number of benzene rings is 1. The number of hydrogen-bond acceptors (Lipinski definition) is 3. The van der Waals surface area contributed by atoms with Crippen LogP contribution >= 0.6 is 15.9 Å². The molecule has 0 saturated carbocycles. The molecule has 0 aliphatic heterocycles. The van der Waals surface area contributed by atoms with E-state index in [1.54, 1.807) is 0 Å². The summed E-state index contributed by atoms with van der Waals surface area (Å²) in [6.07, 6.45) is 0.600. The molecule has 0 heterocycles. The van der Waals surface area contributed by atoms with Crippen molar-refractivity contribution in [3.05, 3.63) is 39.4 Å². The van der Waals surface area contributed by atoms with E-state index in [0.717, 1.165) is 0 Å². The van der Waals surface area contributed by atoms with Gasteiger partial charge in [-0.15, -0.1) is 0 Å². The van der Waals surface area contributed by atoms with E-state index in [0.29, 0.717) is 18.6 Å². The zero-order valence-corrected chi connectivity index (χ0v) is 11.5. The molecule has 5 nitrogen and oxygen atoms in total. The summed E-state index contributed by atoms with van der Waals surface area (Å²) in [5, 5.41) is 13.1. The zero-order valence-electron chi connectivity index (χ0n) is 9.95. The normalized spacial score (nSPS) is 12.0. The highest BCUT2D eigenvalue weighted by atomic mass is 79.9. The van der Waals surface area contributed by atoms with Crippen molar-refractivity contribution in [2.75, 3.05) is 6.54 Å². The van der Waals surface area contributed by atoms with Crippen LogP contribution in [0.4, 0.5) is 14.5 Å². The van der Waals surface area contributed by atoms with Crippen molar-refractivity contribution in [1.29, 1.82) is 0 Å². The SMILES string of the molecule is CC(Br)CCNC(=O)c1cc(F)c(F)cc1[N+](=O)[O-]. The van der Waals surface area contributed by atoms with Gasteiger partial charge < -0.3 is 5.32 Å². The van der Waals surface area contributed by atoms with Crippen LogP contribution < -0.4 is 5.32 Å². The minimum Gasteiger partial charge on any atom is -0.352 e. The fourth-order valence-corrected chi connectivity index (χ4v) is 1.58. The summed E-state index contributed by atoms with van der Waals surface area (Å²) >= 11 is 3.27. The van der Waals surface area contributed by atoms with Gasteiger partial charge in [0.05, 0.1) is 11.0 Å². The lowest BCUT2D eigenvalue weighted by molar-refractivity contribution is -0.385. The first-order valence-electron chi connectivity index (χ1n) is 5.38. The van der Waals surface area contributed by atoms with Crippen LogP contribution in [0.2, 0.25) is 0 Å². The molecule has 1 atom stereocenters. The summed E-state index contributed by atoms with van der Waals surface area (Å²) in [6.45, 7) is 2.13. The molecule has 0 aliphatic rings. The second-order valence-corrected chi connectivity index (χ2v) is 5.43. The molecule has 0 radical (unpaired) electrons. The smallest absolute Gasteiger partial charge is 0.285 e. The van der Waals surface area contributed by atoms with Crippen molar-refractivity contribution in [2.45, 2.75) is 18.2 Å². The Hall–Kier alpha value is -1.57. The van der Waals surface area contributed by atoms with Gasteiger partial charge in [0, 0.05) is 11.4 Å². The molecular weight excluding hydrogens is 326 g/mol. The Labute approximate surface area is 116 Å². The number of hydrogen-bond donors (Lipinski definition) is 1. The van der Waals surface area contributed by atoms with Gasteiger partial charge in [-0.3, -0.25) is 14.9 Å². The quantitative estimate of drug-likeness (QED) is 0.510. The molecule has 1 unspecified atom stereocenters. The van der Waals surface area contributed by atoms with Gasteiger partial charge in [0.25, 0.3) is 11.6 Å². The molecule has 8 heteroatoms. The molecule has 1 aromatic carbocycles. The lowest BCUT2D eigenvalue weighted by Gasteiger charge is -2.07. The number of nitrogens with zero attached hydrogens (tertiary/aromatic N) is 1. The van der Waals surface area contributed by atoms with Crippen molar-refractivity contribution in [2.24, 2.45) is 0 Å². The summed E-state index contributed by atoms with van der Waals surface area (Å²) in [5.41, 5.74) is -1.26. The van der Waals surface area contributed by atoms with Crippen LogP contribution in [0.25, 0.3) is 0 Å². The minimum absolute atomic E-state index is 0.160. The van der Waals surface area contributed by atoms with Crippen LogP contribution in [0.3, 0.4) is 0 Å². The highest BCUT2D eigenvalue weighted by Crippen LogP contribution is 2.22. The van der Waals surface area contributed by atoms with E-state index in [1.165, 1.54) is 0 Å². The molecule has 0 saturated heterocycles. The molecule has 0 aromatic heterocycles. The molecule has 0 bridgehead atoms. The van der Waals surface area contributed by atoms with Crippen LogP contribution in [0, 0.1) is 21.7 Å². The van der Waals surface area contributed by atoms with Crippen molar-refractivity contribution in [3.8, 4) is 0 Å². The van der Waals surface area contributed by atoms with Crippen LogP contribution in [0.1, 0.15) is 23.7 Å². The van der Waals surface area contributed by atoms with E-state index >= 15 is 0 Å². The number of carbonyl (C=O) groups is 1. The Morgan fingerprint density at radius 2 is 2.05 bits per heavy atom. The number of nitrogens with one attached hydrogen (secondary N) is 1. The van der Waals surface area contributed by atoms with Crippen LogP contribution in [0.15, 0.2) is 12.1 Å². The summed E-state index contributed by atoms with van der Waals surface area (Å²) in [5.74, 6) is -3.47. The van der Waals surface area contributed by atoms with E-state index in [2.05, 4.69) is 21.2 Å². The topological polar surface area (TPSA) is 72.2 Å². The molecular formula is C11H11BrF2N2O3. The molecule has 19 heavy (non-hydrogen) atoms. The predicted octanol–water partition coefficient (Wildman–Crippen LogP) is 2.78. The first-order valence-corrected chi connectivity index (χ1v) is 6.30. The number of amides is 1. The molecule has 1 amide bonds. The first kappa shape index (κ1) is 15.5. The maximum Gasteiger partial charge on any atom is 0.285 e. The van der Waals surface area contributed by atoms with Crippen molar-refractivity contribution in [1.82, 2.24) is 5.32 Å². The predicted molar refractivity (Wildman–Crippen MR) is 68.4 cm³/mol. The standard InChI is InChI=1S/C11H11BrF2N2O3/c1-6(12)2-3-15-11(17)7-4-8(13)9(14)5-10(7)16(18)19/h4-6H,2-3H2,1H3,(H,15,17). The van der Waals surface area contributed by atoms with Gasteiger partial charge >= 0.3 is 0 Å².